The Kier molecular flexibility index (Phi) is 10.5. The SMILES string of the molecule is CCCCC(CC)C(=O)OCCOCCOS(=O)(=O)c1ccc(C)cc1. The molecule has 0 heterocycles. The molecule has 0 bridgehead atoms. The van der Waals surface area contributed by atoms with Gasteiger partial charge in [0.15, 0.2) is 0 Å². The fourth-order valence-electron chi connectivity index (χ4n) is 2.34. The van der Waals surface area contributed by atoms with Gasteiger partial charge in [-0.1, -0.05) is 44.4 Å². The van der Waals surface area contributed by atoms with Crippen LogP contribution >= 0.6 is 0 Å². The van der Waals surface area contributed by atoms with Gasteiger partial charge >= 0.3 is 5.97 Å². The van der Waals surface area contributed by atoms with Crippen LogP contribution in [0, 0.1) is 12.8 Å². The summed E-state index contributed by atoms with van der Waals surface area (Å²) in [7, 11) is -3.77. The molecule has 0 radical (unpaired) electrons. The highest BCUT2D eigenvalue weighted by molar-refractivity contribution is 7.86. The molecule has 1 aromatic carbocycles. The summed E-state index contributed by atoms with van der Waals surface area (Å²) in [5.74, 6) is -0.249. The van der Waals surface area contributed by atoms with Crippen LogP contribution in [0.3, 0.4) is 0 Å². The predicted molar refractivity (Wildman–Crippen MR) is 99.4 cm³/mol. The maximum Gasteiger partial charge on any atom is 0.308 e. The number of esters is 1. The number of carbonyl (C=O) groups excluding carboxylic acids is 1. The monoisotopic (exact) mass is 386 g/mol. The molecule has 0 amide bonds. The van der Waals surface area contributed by atoms with Crippen molar-refractivity contribution in [2.45, 2.75) is 51.3 Å². The molecule has 0 aromatic heterocycles. The molecule has 1 unspecified atom stereocenters. The van der Waals surface area contributed by atoms with Crippen molar-refractivity contribution in [1.29, 1.82) is 0 Å². The number of unbranched alkanes of at least 4 members (excludes halogenated alkanes) is 1. The lowest BCUT2D eigenvalue weighted by atomic mass is 10.00. The average Bonchev–Trinajstić information content (AvgIpc) is 2.61. The number of hydrogen-bond donors (Lipinski definition) is 0. The highest BCUT2D eigenvalue weighted by atomic mass is 32.2. The fraction of sp³-hybridized carbons (Fsp3) is 0.632. The lowest BCUT2D eigenvalue weighted by molar-refractivity contribution is -0.150. The molecule has 26 heavy (non-hydrogen) atoms. The molecule has 1 aromatic rings. The van der Waals surface area contributed by atoms with Crippen molar-refractivity contribution in [3.05, 3.63) is 29.8 Å². The van der Waals surface area contributed by atoms with E-state index in [1.807, 2.05) is 13.8 Å². The summed E-state index contributed by atoms with van der Waals surface area (Å²) in [6.45, 7) is 6.34. The third kappa shape index (κ3) is 8.29. The Bertz CT molecular complexity index is 624. The molecule has 0 fully saturated rings. The Hall–Kier alpha value is -1.44. The number of aryl methyl sites for hydroxylation is 1. The molecular formula is C19H30O6S. The van der Waals surface area contributed by atoms with E-state index in [0.29, 0.717) is 0 Å². The van der Waals surface area contributed by atoms with Crippen molar-refractivity contribution in [2.75, 3.05) is 26.4 Å². The fourth-order valence-corrected chi connectivity index (χ4v) is 3.23. The second kappa shape index (κ2) is 12.0. The van der Waals surface area contributed by atoms with Crippen LogP contribution in [0.25, 0.3) is 0 Å². The smallest absolute Gasteiger partial charge is 0.308 e. The normalized spacial score (nSPS) is 12.7. The van der Waals surface area contributed by atoms with Crippen molar-refractivity contribution in [1.82, 2.24) is 0 Å². The first kappa shape index (κ1) is 22.6. The van der Waals surface area contributed by atoms with Gasteiger partial charge in [0.2, 0.25) is 0 Å². The molecule has 0 aliphatic heterocycles. The molecule has 1 atom stereocenters. The molecule has 0 aliphatic rings. The minimum atomic E-state index is -3.77. The number of ether oxygens (including phenoxy) is 2. The largest absolute Gasteiger partial charge is 0.463 e. The highest BCUT2D eigenvalue weighted by Gasteiger charge is 2.17. The van der Waals surface area contributed by atoms with Crippen molar-refractivity contribution >= 4 is 16.1 Å². The minimum absolute atomic E-state index is 0.0575. The van der Waals surface area contributed by atoms with Gasteiger partial charge in [0.1, 0.15) is 6.61 Å². The zero-order valence-electron chi connectivity index (χ0n) is 15.9. The van der Waals surface area contributed by atoms with Gasteiger partial charge in [-0.2, -0.15) is 8.42 Å². The van der Waals surface area contributed by atoms with Crippen LogP contribution in [0.2, 0.25) is 0 Å². The van der Waals surface area contributed by atoms with E-state index in [1.54, 1.807) is 12.1 Å². The van der Waals surface area contributed by atoms with Crippen molar-refractivity contribution in [3.8, 4) is 0 Å². The lowest BCUT2D eigenvalue weighted by Gasteiger charge is -2.13. The van der Waals surface area contributed by atoms with Crippen LogP contribution in [0.15, 0.2) is 29.2 Å². The van der Waals surface area contributed by atoms with Gasteiger partial charge < -0.3 is 9.47 Å². The molecular weight excluding hydrogens is 356 g/mol. The Balaban J connectivity index is 2.19. The van der Waals surface area contributed by atoms with E-state index in [9.17, 15) is 13.2 Å². The summed E-state index contributed by atoms with van der Waals surface area (Å²) >= 11 is 0. The van der Waals surface area contributed by atoms with Crippen molar-refractivity contribution in [3.63, 3.8) is 0 Å². The standard InChI is InChI=1S/C19H30O6S/c1-4-6-7-17(5-2)19(20)24-14-12-23-13-15-25-26(21,22)18-10-8-16(3)9-11-18/h8-11,17H,4-7,12-15H2,1-3H3. The van der Waals surface area contributed by atoms with Crippen molar-refractivity contribution < 1.29 is 26.9 Å². The molecule has 6 nitrogen and oxygen atoms in total. The van der Waals surface area contributed by atoms with E-state index in [4.69, 9.17) is 13.7 Å². The molecule has 0 aliphatic carbocycles. The third-order valence-electron chi connectivity index (χ3n) is 3.98. The van der Waals surface area contributed by atoms with Crippen LogP contribution in [-0.2, 0) is 28.6 Å². The summed E-state index contributed by atoms with van der Waals surface area (Å²) in [5.41, 5.74) is 0.974. The Morgan fingerprint density at radius 3 is 2.31 bits per heavy atom. The topological polar surface area (TPSA) is 78.9 Å². The van der Waals surface area contributed by atoms with Crippen molar-refractivity contribution in [2.24, 2.45) is 5.92 Å². The van der Waals surface area contributed by atoms with Crippen LogP contribution in [0.4, 0.5) is 0 Å². The summed E-state index contributed by atoms with van der Waals surface area (Å²) in [4.78, 5) is 12.0. The maximum atomic E-state index is 12.0. The van der Waals surface area contributed by atoms with Gasteiger partial charge in [-0.25, -0.2) is 0 Å². The van der Waals surface area contributed by atoms with E-state index in [2.05, 4.69) is 6.92 Å². The number of rotatable bonds is 13. The van der Waals surface area contributed by atoms with Gasteiger partial charge in [-0.15, -0.1) is 0 Å². The van der Waals surface area contributed by atoms with Gasteiger partial charge in [0, 0.05) is 0 Å². The Morgan fingerprint density at radius 1 is 1.04 bits per heavy atom. The lowest BCUT2D eigenvalue weighted by Crippen LogP contribution is -2.20. The summed E-state index contributed by atoms with van der Waals surface area (Å²) in [6.07, 6.45) is 3.68. The first-order chi connectivity index (χ1) is 12.4. The molecule has 148 valence electrons. The summed E-state index contributed by atoms with van der Waals surface area (Å²) in [6, 6.07) is 6.44. The van der Waals surface area contributed by atoms with E-state index in [0.717, 1.165) is 31.2 Å². The third-order valence-corrected chi connectivity index (χ3v) is 5.31. The van der Waals surface area contributed by atoms with Crippen LogP contribution in [0.5, 0.6) is 0 Å². The van der Waals surface area contributed by atoms with Gasteiger partial charge in [-0.3, -0.25) is 8.98 Å². The van der Waals surface area contributed by atoms with Gasteiger partial charge in [0.25, 0.3) is 10.1 Å². The molecule has 0 N–H and O–H groups in total. The molecule has 1 rings (SSSR count). The van der Waals surface area contributed by atoms with Gasteiger partial charge in [0.05, 0.1) is 30.6 Å². The van der Waals surface area contributed by atoms with Gasteiger partial charge in [-0.05, 0) is 31.9 Å². The average molecular weight is 387 g/mol. The van der Waals surface area contributed by atoms with E-state index >= 15 is 0 Å². The number of carbonyl (C=O) groups is 1. The Morgan fingerprint density at radius 2 is 1.69 bits per heavy atom. The molecule has 0 saturated heterocycles. The summed E-state index contributed by atoms with van der Waals surface area (Å²) in [5, 5.41) is 0. The first-order valence-electron chi connectivity index (χ1n) is 9.11. The molecule has 7 heteroatoms. The maximum absolute atomic E-state index is 12.0. The zero-order valence-corrected chi connectivity index (χ0v) is 16.7. The van der Waals surface area contributed by atoms with Crippen LogP contribution in [-0.4, -0.2) is 40.8 Å². The van der Waals surface area contributed by atoms with Crippen LogP contribution in [0.1, 0.15) is 45.1 Å². The number of hydrogen-bond acceptors (Lipinski definition) is 6. The highest BCUT2D eigenvalue weighted by Crippen LogP contribution is 2.14. The molecule has 0 spiro atoms. The Labute approximate surface area is 157 Å². The predicted octanol–water partition coefficient (Wildman–Crippen LogP) is 3.48. The second-order valence-electron chi connectivity index (χ2n) is 6.12. The quantitative estimate of drug-likeness (QED) is 0.293. The van der Waals surface area contributed by atoms with Crippen LogP contribution < -0.4 is 0 Å². The van der Waals surface area contributed by atoms with E-state index in [-0.39, 0.29) is 43.2 Å². The van der Waals surface area contributed by atoms with E-state index in [1.165, 1.54) is 12.1 Å². The minimum Gasteiger partial charge on any atom is -0.463 e. The first-order valence-corrected chi connectivity index (χ1v) is 10.5. The second-order valence-corrected chi connectivity index (χ2v) is 7.73. The number of benzene rings is 1. The zero-order chi connectivity index (χ0) is 19.4. The molecule has 0 saturated carbocycles. The summed E-state index contributed by atoms with van der Waals surface area (Å²) < 4.78 is 39.3. The van der Waals surface area contributed by atoms with E-state index < -0.39 is 10.1 Å².